The maximum absolute atomic E-state index is 11.4. The highest BCUT2D eigenvalue weighted by Gasteiger charge is 2.52. The van der Waals surface area contributed by atoms with Gasteiger partial charge in [-0.05, 0) is 26.8 Å². The number of ether oxygens (including phenoxy) is 4. The smallest absolute Gasteiger partial charge is 0.334 e. The zero-order valence-electron chi connectivity index (χ0n) is 10.8. The summed E-state index contributed by atoms with van der Waals surface area (Å²) in [5.74, 6) is -0.688. The first-order valence-corrected chi connectivity index (χ1v) is 6.00. The molecule has 0 N–H and O–H groups in total. The molecule has 0 amide bonds. The van der Waals surface area contributed by atoms with Crippen LogP contribution in [0.25, 0.3) is 0 Å². The van der Waals surface area contributed by atoms with Crippen molar-refractivity contribution in [3.8, 4) is 0 Å². The monoisotopic (exact) mass is 254 g/mol. The van der Waals surface area contributed by atoms with Crippen molar-refractivity contribution in [2.24, 2.45) is 0 Å². The number of carbonyl (C=O) groups is 1. The normalized spacial score (nSPS) is 35.1. The Morgan fingerprint density at radius 3 is 2.83 bits per heavy atom. The zero-order chi connectivity index (χ0) is 13.3. The summed E-state index contributed by atoms with van der Waals surface area (Å²) < 4.78 is 21.9. The molecule has 0 aromatic carbocycles. The maximum Gasteiger partial charge on any atom is 0.334 e. The number of rotatable bonds is 3. The van der Waals surface area contributed by atoms with Gasteiger partial charge in [0.25, 0.3) is 0 Å². The third-order valence-electron chi connectivity index (χ3n) is 2.78. The number of fused-ring (bicyclic) bond motifs is 1. The number of carbonyl (C=O) groups excluding carboxylic acids is 1. The highest BCUT2D eigenvalue weighted by Crippen LogP contribution is 2.40. The lowest BCUT2D eigenvalue weighted by molar-refractivity contribution is -0.163. The molecule has 0 saturated carbocycles. The number of hydrogen-bond acceptors (Lipinski definition) is 5. The van der Waals surface area contributed by atoms with Crippen LogP contribution in [0, 0.1) is 0 Å². The quantitative estimate of drug-likeness (QED) is 0.434. The van der Waals surface area contributed by atoms with Crippen molar-refractivity contribution in [3.05, 3.63) is 24.5 Å². The zero-order valence-corrected chi connectivity index (χ0v) is 10.8. The Labute approximate surface area is 106 Å². The van der Waals surface area contributed by atoms with Crippen LogP contribution in [0.3, 0.4) is 0 Å². The van der Waals surface area contributed by atoms with Gasteiger partial charge in [0.15, 0.2) is 5.79 Å². The van der Waals surface area contributed by atoms with Crippen molar-refractivity contribution in [1.82, 2.24) is 0 Å². The van der Waals surface area contributed by atoms with Crippen LogP contribution >= 0.6 is 0 Å². The third-order valence-corrected chi connectivity index (χ3v) is 2.78. The Kier molecular flexibility index (Phi) is 3.45. The van der Waals surface area contributed by atoms with Gasteiger partial charge < -0.3 is 18.9 Å². The van der Waals surface area contributed by atoms with Crippen molar-refractivity contribution in [3.63, 3.8) is 0 Å². The average Bonchev–Trinajstić information content (AvgIpc) is 2.74. The largest absolute Gasteiger partial charge is 0.485 e. The lowest BCUT2D eigenvalue weighted by atomic mass is 10.1. The van der Waals surface area contributed by atoms with Gasteiger partial charge in [0.1, 0.15) is 24.1 Å². The Hall–Kier alpha value is -1.33. The molecule has 18 heavy (non-hydrogen) atoms. The van der Waals surface area contributed by atoms with Crippen LogP contribution in [-0.2, 0) is 23.7 Å². The standard InChI is InChI=1S/C13H18O5/c1-5-8-11-12(18-13(3,4)17-11)9(16-8)7-10(14)15-6-2/h5,7-8,11-12H,1,6H2,2-4H3/b9-7-/t8-,11+,12-/m1/s1. The Morgan fingerprint density at radius 1 is 1.50 bits per heavy atom. The average molecular weight is 254 g/mol. The van der Waals surface area contributed by atoms with Gasteiger partial charge in [0, 0.05) is 0 Å². The van der Waals surface area contributed by atoms with Gasteiger partial charge >= 0.3 is 5.97 Å². The highest BCUT2D eigenvalue weighted by atomic mass is 16.8. The minimum absolute atomic E-state index is 0.266. The summed E-state index contributed by atoms with van der Waals surface area (Å²) in [5, 5.41) is 0. The summed E-state index contributed by atoms with van der Waals surface area (Å²) in [5.41, 5.74) is 0. The molecule has 2 aliphatic rings. The van der Waals surface area contributed by atoms with E-state index in [0.717, 1.165) is 0 Å². The molecule has 2 rings (SSSR count). The molecular weight excluding hydrogens is 236 g/mol. The molecule has 0 aliphatic carbocycles. The lowest BCUT2D eigenvalue weighted by Crippen LogP contribution is -2.27. The van der Waals surface area contributed by atoms with Gasteiger partial charge in [-0.15, -0.1) is 0 Å². The van der Waals surface area contributed by atoms with Gasteiger partial charge in [-0.1, -0.05) is 6.58 Å². The number of esters is 1. The number of hydrogen-bond donors (Lipinski definition) is 0. The predicted molar refractivity (Wildman–Crippen MR) is 63.6 cm³/mol. The molecule has 0 aromatic heterocycles. The molecule has 2 fully saturated rings. The lowest BCUT2D eigenvalue weighted by Gasteiger charge is -2.20. The van der Waals surface area contributed by atoms with E-state index in [-0.39, 0.29) is 18.3 Å². The van der Waals surface area contributed by atoms with Gasteiger partial charge in [0.05, 0.1) is 12.7 Å². The van der Waals surface area contributed by atoms with Crippen LogP contribution in [0.1, 0.15) is 20.8 Å². The second-order valence-electron chi connectivity index (χ2n) is 4.64. The minimum Gasteiger partial charge on any atom is -0.485 e. The van der Waals surface area contributed by atoms with Crippen molar-refractivity contribution < 1.29 is 23.7 Å². The molecule has 2 heterocycles. The van der Waals surface area contributed by atoms with Crippen molar-refractivity contribution >= 4 is 5.97 Å². The van der Waals surface area contributed by atoms with E-state index in [0.29, 0.717) is 12.4 Å². The Bertz CT molecular complexity index is 385. The molecular formula is C13H18O5. The fraction of sp³-hybridized carbons (Fsp3) is 0.615. The van der Waals surface area contributed by atoms with Crippen LogP contribution in [0.4, 0.5) is 0 Å². The molecule has 5 nitrogen and oxygen atoms in total. The third kappa shape index (κ3) is 2.42. The first kappa shape index (κ1) is 13.1. The topological polar surface area (TPSA) is 54.0 Å². The first-order valence-electron chi connectivity index (χ1n) is 6.00. The van der Waals surface area contributed by atoms with E-state index in [9.17, 15) is 4.79 Å². The van der Waals surface area contributed by atoms with E-state index < -0.39 is 11.8 Å². The summed E-state index contributed by atoms with van der Waals surface area (Å²) in [7, 11) is 0. The maximum atomic E-state index is 11.4. The second kappa shape index (κ2) is 4.74. The summed E-state index contributed by atoms with van der Waals surface area (Å²) in [4.78, 5) is 11.4. The molecule has 100 valence electrons. The van der Waals surface area contributed by atoms with Crippen LogP contribution in [0.15, 0.2) is 24.5 Å². The molecule has 0 bridgehead atoms. The summed E-state index contributed by atoms with van der Waals surface area (Å²) in [6, 6.07) is 0. The van der Waals surface area contributed by atoms with Crippen molar-refractivity contribution in [2.45, 2.75) is 44.9 Å². The van der Waals surface area contributed by atoms with E-state index in [1.807, 2.05) is 13.8 Å². The van der Waals surface area contributed by atoms with E-state index in [4.69, 9.17) is 18.9 Å². The van der Waals surface area contributed by atoms with E-state index in [1.54, 1.807) is 13.0 Å². The molecule has 2 saturated heterocycles. The Morgan fingerprint density at radius 2 is 2.22 bits per heavy atom. The van der Waals surface area contributed by atoms with Crippen LogP contribution in [0.5, 0.6) is 0 Å². The summed E-state index contributed by atoms with van der Waals surface area (Å²) in [6.07, 6.45) is 2.01. The second-order valence-corrected chi connectivity index (χ2v) is 4.64. The van der Waals surface area contributed by atoms with Crippen LogP contribution in [0.2, 0.25) is 0 Å². The summed E-state index contributed by atoms with van der Waals surface area (Å²) in [6.45, 7) is 9.42. The van der Waals surface area contributed by atoms with Gasteiger partial charge in [-0.25, -0.2) is 4.79 Å². The van der Waals surface area contributed by atoms with E-state index in [2.05, 4.69) is 6.58 Å². The van der Waals surface area contributed by atoms with Gasteiger partial charge in [-0.2, -0.15) is 0 Å². The molecule has 5 heteroatoms. The SMILES string of the molecule is C=C[C@H]1O/C(=C\C(=O)OCC)[C@H]2OC(C)(C)O[C@H]21. The Balaban J connectivity index is 2.18. The molecule has 0 aromatic rings. The highest BCUT2D eigenvalue weighted by molar-refractivity contribution is 5.82. The van der Waals surface area contributed by atoms with Crippen molar-refractivity contribution in [2.75, 3.05) is 6.61 Å². The molecule has 2 aliphatic heterocycles. The fourth-order valence-corrected chi connectivity index (χ4v) is 2.14. The van der Waals surface area contributed by atoms with E-state index in [1.165, 1.54) is 6.08 Å². The molecule has 0 radical (unpaired) electrons. The van der Waals surface area contributed by atoms with Crippen LogP contribution in [-0.4, -0.2) is 36.7 Å². The fourth-order valence-electron chi connectivity index (χ4n) is 2.14. The molecule has 0 unspecified atom stereocenters. The van der Waals surface area contributed by atoms with E-state index >= 15 is 0 Å². The van der Waals surface area contributed by atoms with Gasteiger partial charge in [0.2, 0.25) is 0 Å². The summed E-state index contributed by atoms with van der Waals surface area (Å²) >= 11 is 0. The predicted octanol–water partition coefficient (Wildman–Crippen LogP) is 1.54. The molecule has 0 spiro atoms. The van der Waals surface area contributed by atoms with Gasteiger partial charge in [-0.3, -0.25) is 0 Å². The van der Waals surface area contributed by atoms with Crippen LogP contribution < -0.4 is 0 Å². The molecule has 3 atom stereocenters. The minimum atomic E-state index is -0.686. The first-order chi connectivity index (χ1) is 8.46. The van der Waals surface area contributed by atoms with Crippen molar-refractivity contribution in [1.29, 1.82) is 0 Å².